The molecule has 0 aliphatic carbocycles. The second kappa shape index (κ2) is 3.70. The second-order valence-corrected chi connectivity index (χ2v) is 2.42. The molecule has 0 amide bonds. The van der Waals surface area contributed by atoms with Crippen molar-refractivity contribution in [2.75, 3.05) is 0 Å². The zero-order valence-corrected chi connectivity index (χ0v) is 8.59. The van der Waals surface area contributed by atoms with Crippen LogP contribution in [0.4, 0.5) is 0 Å². The van der Waals surface area contributed by atoms with Gasteiger partial charge in [-0.05, 0) is 6.92 Å². The third kappa shape index (κ3) is 2.34. The Bertz CT molecular complexity index is 145. The average Bonchev–Trinajstić information content (AvgIpc) is 1.87. The van der Waals surface area contributed by atoms with E-state index in [4.69, 9.17) is 0 Å². The van der Waals surface area contributed by atoms with Crippen LogP contribution >= 0.6 is 11.3 Å². The zero-order valence-electron chi connectivity index (χ0n) is 4.93. The van der Waals surface area contributed by atoms with Crippen LogP contribution in [0.2, 0.25) is 0 Å². The fraction of sp³-hybridized carbons (Fsp3) is 0.400. The SMILES string of the molecule is Cc1[c-]sc(C)n1.[Y+3]. The molecule has 0 unspecified atom stereocenters. The standard InChI is InChI=1S/C5H6NS.Y/c1-4-3-7-5(2)6-4;/h1-2H3;/q-1;+3. The maximum atomic E-state index is 4.07. The van der Waals surface area contributed by atoms with Gasteiger partial charge < -0.3 is 16.3 Å². The van der Waals surface area contributed by atoms with Crippen LogP contribution in [0.5, 0.6) is 0 Å². The number of rotatable bonds is 0. The Hall–Kier alpha value is 0.734. The number of hydrogen-bond donors (Lipinski definition) is 0. The van der Waals surface area contributed by atoms with Crippen LogP contribution in [0.3, 0.4) is 0 Å². The van der Waals surface area contributed by atoms with Crippen molar-refractivity contribution in [2.24, 2.45) is 0 Å². The van der Waals surface area contributed by atoms with E-state index in [0.29, 0.717) is 0 Å². The van der Waals surface area contributed by atoms with Crippen LogP contribution in [-0.4, -0.2) is 4.98 Å². The molecule has 0 aliphatic heterocycles. The van der Waals surface area contributed by atoms with E-state index in [1.807, 2.05) is 13.8 Å². The van der Waals surface area contributed by atoms with Crippen LogP contribution in [0, 0.1) is 19.2 Å². The first-order valence-electron chi connectivity index (χ1n) is 2.11. The Morgan fingerprint density at radius 2 is 2.12 bits per heavy atom. The third-order valence-corrected chi connectivity index (χ3v) is 1.46. The summed E-state index contributed by atoms with van der Waals surface area (Å²) in [6.45, 7) is 3.93. The first kappa shape index (κ1) is 8.73. The summed E-state index contributed by atoms with van der Waals surface area (Å²) >= 11 is 1.57. The summed E-state index contributed by atoms with van der Waals surface area (Å²) in [7, 11) is 0. The molecule has 0 saturated carbocycles. The molecule has 1 aromatic rings. The quantitative estimate of drug-likeness (QED) is 0.580. The largest absolute Gasteiger partial charge is 3.00 e. The number of thiazole rings is 1. The van der Waals surface area contributed by atoms with Crippen molar-refractivity contribution in [3.05, 3.63) is 16.1 Å². The molecule has 38 valence electrons. The van der Waals surface area contributed by atoms with Gasteiger partial charge in [0.05, 0.1) is 0 Å². The molecule has 3 heteroatoms. The zero-order chi connectivity index (χ0) is 5.28. The van der Waals surface area contributed by atoms with E-state index in [0.717, 1.165) is 10.7 Å². The third-order valence-electron chi connectivity index (χ3n) is 0.672. The van der Waals surface area contributed by atoms with Gasteiger partial charge in [-0.15, -0.1) is 0 Å². The fourth-order valence-electron chi connectivity index (χ4n) is 0.430. The topological polar surface area (TPSA) is 12.9 Å². The minimum atomic E-state index is 0. The van der Waals surface area contributed by atoms with Crippen molar-refractivity contribution in [2.45, 2.75) is 13.8 Å². The summed E-state index contributed by atoms with van der Waals surface area (Å²) in [5, 5.41) is 4.09. The molecule has 1 rings (SSSR count). The molecule has 1 heterocycles. The monoisotopic (exact) mass is 201 g/mol. The van der Waals surface area contributed by atoms with Gasteiger partial charge in [0.25, 0.3) is 0 Å². The molecule has 0 aromatic carbocycles. The van der Waals surface area contributed by atoms with Crippen LogP contribution in [0.1, 0.15) is 10.7 Å². The van der Waals surface area contributed by atoms with Crippen LogP contribution in [-0.2, 0) is 32.7 Å². The van der Waals surface area contributed by atoms with Gasteiger partial charge in [0.15, 0.2) is 0 Å². The maximum absolute atomic E-state index is 4.07. The van der Waals surface area contributed by atoms with E-state index >= 15 is 0 Å². The molecule has 1 nitrogen and oxygen atoms in total. The van der Waals surface area contributed by atoms with Crippen molar-refractivity contribution in [1.82, 2.24) is 4.98 Å². The van der Waals surface area contributed by atoms with E-state index in [1.54, 1.807) is 11.3 Å². The van der Waals surface area contributed by atoms with Gasteiger partial charge in [-0.3, -0.25) is 0 Å². The normalized spacial score (nSPS) is 8.25. The smallest absolute Gasteiger partial charge is 0.361 e. The Morgan fingerprint density at radius 1 is 1.50 bits per heavy atom. The van der Waals surface area contributed by atoms with E-state index in [1.165, 1.54) is 0 Å². The Labute approximate surface area is 78.4 Å². The number of nitrogens with zero attached hydrogens (tertiary/aromatic N) is 1. The van der Waals surface area contributed by atoms with Gasteiger partial charge >= 0.3 is 32.7 Å². The summed E-state index contributed by atoms with van der Waals surface area (Å²) in [5.41, 5.74) is 1.00. The first-order valence-corrected chi connectivity index (χ1v) is 2.92. The average molecular weight is 201 g/mol. The second-order valence-electron chi connectivity index (χ2n) is 1.42. The van der Waals surface area contributed by atoms with Gasteiger partial charge in [0, 0.05) is 0 Å². The number of aromatic nitrogens is 1. The van der Waals surface area contributed by atoms with Crippen LogP contribution < -0.4 is 0 Å². The summed E-state index contributed by atoms with van der Waals surface area (Å²) in [6.07, 6.45) is 0. The van der Waals surface area contributed by atoms with Crippen molar-refractivity contribution in [3.8, 4) is 0 Å². The Balaban J connectivity index is 0.000000490. The molecule has 0 aliphatic rings. The molecule has 8 heavy (non-hydrogen) atoms. The molecule has 0 N–H and O–H groups in total. The van der Waals surface area contributed by atoms with Crippen LogP contribution in [0.25, 0.3) is 0 Å². The molecule has 0 radical (unpaired) electrons. The van der Waals surface area contributed by atoms with Gasteiger partial charge in [0.2, 0.25) is 0 Å². The summed E-state index contributed by atoms with van der Waals surface area (Å²) in [4.78, 5) is 4.07. The fourth-order valence-corrected chi connectivity index (χ4v) is 0.953. The minimum absolute atomic E-state index is 0. The van der Waals surface area contributed by atoms with E-state index in [-0.39, 0.29) is 32.7 Å². The molecule has 1 aromatic heterocycles. The molecule has 0 spiro atoms. The van der Waals surface area contributed by atoms with Gasteiger partial charge in [0.1, 0.15) is 0 Å². The minimum Gasteiger partial charge on any atom is -0.361 e. The summed E-state index contributed by atoms with van der Waals surface area (Å²) in [5.74, 6) is 0. The number of aryl methyl sites for hydroxylation is 2. The van der Waals surface area contributed by atoms with Crippen LogP contribution in [0.15, 0.2) is 0 Å². The van der Waals surface area contributed by atoms with Gasteiger partial charge in [-0.25, -0.2) is 0 Å². The van der Waals surface area contributed by atoms with E-state index in [9.17, 15) is 0 Å². The molecular formula is C5H6NSY+2. The van der Waals surface area contributed by atoms with Crippen molar-refractivity contribution < 1.29 is 32.7 Å². The summed E-state index contributed by atoms with van der Waals surface area (Å²) < 4.78 is 0. The van der Waals surface area contributed by atoms with Crippen molar-refractivity contribution in [1.29, 1.82) is 0 Å². The molecule has 0 atom stereocenters. The molecule has 0 bridgehead atoms. The Kier molecular flexibility index (Phi) is 4.04. The predicted molar refractivity (Wildman–Crippen MR) is 30.4 cm³/mol. The van der Waals surface area contributed by atoms with E-state index in [2.05, 4.69) is 10.4 Å². The van der Waals surface area contributed by atoms with Crippen molar-refractivity contribution in [3.63, 3.8) is 0 Å². The predicted octanol–water partition coefficient (Wildman–Crippen LogP) is 1.56. The molecule has 0 fully saturated rings. The maximum Gasteiger partial charge on any atom is 3.00 e. The van der Waals surface area contributed by atoms with Gasteiger partial charge in [-0.2, -0.15) is 5.38 Å². The molecule has 0 saturated heterocycles. The Morgan fingerprint density at radius 3 is 2.25 bits per heavy atom. The van der Waals surface area contributed by atoms with Gasteiger partial charge in [-0.1, -0.05) is 17.6 Å². The molecular weight excluding hydrogens is 195 g/mol. The first-order chi connectivity index (χ1) is 3.29. The van der Waals surface area contributed by atoms with Crippen molar-refractivity contribution >= 4 is 11.3 Å². The van der Waals surface area contributed by atoms with E-state index < -0.39 is 0 Å². The number of hydrogen-bond acceptors (Lipinski definition) is 2. The summed E-state index contributed by atoms with van der Waals surface area (Å²) in [6, 6.07) is 0.